The second-order valence-electron chi connectivity index (χ2n) is 5.03. The van der Waals surface area contributed by atoms with Crippen LogP contribution in [0.25, 0.3) is 33.3 Å². The molecule has 0 aliphatic carbocycles. The summed E-state index contributed by atoms with van der Waals surface area (Å²) in [6, 6.07) is 16.7. The molecule has 2 aromatic heterocycles. The van der Waals surface area contributed by atoms with E-state index in [1.54, 1.807) is 12.1 Å². The van der Waals surface area contributed by atoms with Crippen LogP contribution in [0.15, 0.2) is 53.3 Å². The Hall–Kier alpha value is -3.39. The average molecular weight is 286 g/mol. The molecule has 5 heteroatoms. The second kappa shape index (κ2) is 4.57. The molecule has 2 heterocycles. The number of nitrogens with zero attached hydrogens (tertiary/aromatic N) is 2. The van der Waals surface area contributed by atoms with Crippen LogP contribution in [-0.4, -0.2) is 15.0 Å². The number of nitrogens with one attached hydrogen (secondary N) is 2. The van der Waals surface area contributed by atoms with Crippen LogP contribution in [0.2, 0.25) is 0 Å². The molecule has 0 unspecified atom stereocenters. The Morgan fingerprint density at radius 2 is 1.86 bits per heavy atom. The van der Waals surface area contributed by atoms with Gasteiger partial charge in [0.2, 0.25) is 0 Å². The molecule has 0 spiro atoms. The zero-order chi connectivity index (χ0) is 15.1. The molecule has 2 aromatic carbocycles. The van der Waals surface area contributed by atoms with Crippen molar-refractivity contribution in [2.75, 3.05) is 0 Å². The van der Waals surface area contributed by atoms with E-state index in [0.717, 1.165) is 16.4 Å². The fourth-order valence-corrected chi connectivity index (χ4v) is 2.54. The maximum atomic E-state index is 12.2. The van der Waals surface area contributed by atoms with Gasteiger partial charge in [-0.25, -0.2) is 4.98 Å². The van der Waals surface area contributed by atoms with Gasteiger partial charge in [-0.15, -0.1) is 0 Å². The van der Waals surface area contributed by atoms with E-state index in [0.29, 0.717) is 22.5 Å². The predicted molar refractivity (Wildman–Crippen MR) is 84.4 cm³/mol. The molecule has 0 saturated heterocycles. The summed E-state index contributed by atoms with van der Waals surface area (Å²) in [4.78, 5) is 22.7. The maximum Gasteiger partial charge on any atom is 0.276 e. The minimum atomic E-state index is -0.245. The van der Waals surface area contributed by atoms with Gasteiger partial charge in [0, 0.05) is 10.9 Å². The van der Waals surface area contributed by atoms with Crippen LogP contribution in [0.3, 0.4) is 0 Å². The zero-order valence-corrected chi connectivity index (χ0v) is 11.4. The number of hydrogen-bond acceptors (Lipinski definition) is 3. The fourth-order valence-electron chi connectivity index (χ4n) is 2.54. The molecule has 0 aliphatic heterocycles. The summed E-state index contributed by atoms with van der Waals surface area (Å²) in [6.07, 6.45) is 0. The number of rotatable bonds is 1. The lowest BCUT2D eigenvalue weighted by atomic mass is 10.2. The first kappa shape index (κ1) is 12.4. The number of aromatic amines is 2. The van der Waals surface area contributed by atoms with Crippen molar-refractivity contribution in [2.45, 2.75) is 0 Å². The average Bonchev–Trinajstić information content (AvgIpc) is 2.96. The van der Waals surface area contributed by atoms with Crippen LogP contribution >= 0.6 is 0 Å². The first-order valence-electron chi connectivity index (χ1n) is 6.77. The summed E-state index contributed by atoms with van der Waals surface area (Å²) in [5.41, 5.74) is 3.62. The maximum absolute atomic E-state index is 12.2. The Bertz CT molecular complexity index is 1110. The van der Waals surface area contributed by atoms with Crippen molar-refractivity contribution in [3.8, 4) is 17.5 Å². The second-order valence-corrected chi connectivity index (χ2v) is 5.03. The highest BCUT2D eigenvalue weighted by molar-refractivity contribution is 5.87. The molecule has 0 radical (unpaired) electrons. The summed E-state index contributed by atoms with van der Waals surface area (Å²) in [6.45, 7) is 0. The van der Waals surface area contributed by atoms with E-state index in [2.05, 4.69) is 21.0 Å². The van der Waals surface area contributed by atoms with E-state index in [1.165, 1.54) is 0 Å². The van der Waals surface area contributed by atoms with Gasteiger partial charge in [0.05, 0.1) is 28.4 Å². The third-order valence-corrected chi connectivity index (χ3v) is 3.60. The van der Waals surface area contributed by atoms with Gasteiger partial charge in [-0.05, 0) is 36.4 Å². The summed E-state index contributed by atoms with van der Waals surface area (Å²) >= 11 is 0. The quantitative estimate of drug-likeness (QED) is 0.564. The van der Waals surface area contributed by atoms with Crippen molar-refractivity contribution in [1.29, 1.82) is 5.26 Å². The molecule has 0 amide bonds. The molecule has 0 aliphatic rings. The first-order valence-corrected chi connectivity index (χ1v) is 6.77. The summed E-state index contributed by atoms with van der Waals surface area (Å²) in [5, 5.41) is 9.83. The predicted octanol–water partition coefficient (Wildman–Crippen LogP) is 2.94. The van der Waals surface area contributed by atoms with E-state index < -0.39 is 0 Å². The van der Waals surface area contributed by atoms with Crippen molar-refractivity contribution in [3.63, 3.8) is 0 Å². The number of H-pyrrole nitrogens is 2. The summed E-state index contributed by atoms with van der Waals surface area (Å²) in [7, 11) is 0. The molecular weight excluding hydrogens is 276 g/mol. The Morgan fingerprint density at radius 3 is 2.73 bits per heavy atom. The largest absolute Gasteiger partial charge is 0.353 e. The van der Waals surface area contributed by atoms with E-state index >= 15 is 0 Å². The Kier molecular flexibility index (Phi) is 2.57. The number of nitriles is 1. The van der Waals surface area contributed by atoms with Gasteiger partial charge in [-0.3, -0.25) is 4.79 Å². The molecule has 0 atom stereocenters. The Labute approximate surface area is 124 Å². The highest BCUT2D eigenvalue weighted by Crippen LogP contribution is 2.22. The lowest BCUT2D eigenvalue weighted by molar-refractivity contribution is 1.20. The minimum absolute atomic E-state index is 0.245. The zero-order valence-electron chi connectivity index (χ0n) is 11.4. The highest BCUT2D eigenvalue weighted by Gasteiger charge is 2.10. The van der Waals surface area contributed by atoms with Crippen molar-refractivity contribution in [1.82, 2.24) is 15.0 Å². The number of hydrogen-bond donors (Lipinski definition) is 2. The van der Waals surface area contributed by atoms with Gasteiger partial charge >= 0.3 is 0 Å². The van der Waals surface area contributed by atoms with Crippen LogP contribution in [0.5, 0.6) is 0 Å². The minimum Gasteiger partial charge on any atom is -0.353 e. The number of para-hydroxylation sites is 2. The number of aromatic nitrogens is 3. The standard InChI is InChI=1S/C17H10N4O/c18-9-10-5-6-12-11(7-10)8-15(19-12)16-17(22)21-14-4-2-1-3-13(14)20-16/h1-8,19H,(H,21,22). The van der Waals surface area contributed by atoms with Crippen LogP contribution < -0.4 is 5.56 Å². The van der Waals surface area contributed by atoms with E-state index in [9.17, 15) is 4.79 Å². The highest BCUT2D eigenvalue weighted by atomic mass is 16.1. The van der Waals surface area contributed by atoms with Crippen LogP contribution in [0.1, 0.15) is 5.56 Å². The number of benzene rings is 2. The van der Waals surface area contributed by atoms with Crippen LogP contribution in [0.4, 0.5) is 0 Å². The normalized spacial score (nSPS) is 10.9. The fraction of sp³-hybridized carbons (Fsp3) is 0. The first-order chi connectivity index (χ1) is 10.7. The molecule has 0 bridgehead atoms. The van der Waals surface area contributed by atoms with Gasteiger partial charge in [0.1, 0.15) is 0 Å². The van der Waals surface area contributed by atoms with E-state index in [4.69, 9.17) is 5.26 Å². The van der Waals surface area contributed by atoms with Crippen molar-refractivity contribution >= 4 is 21.9 Å². The van der Waals surface area contributed by atoms with Gasteiger partial charge in [0.25, 0.3) is 5.56 Å². The smallest absolute Gasteiger partial charge is 0.276 e. The van der Waals surface area contributed by atoms with E-state index in [1.807, 2.05) is 36.4 Å². The van der Waals surface area contributed by atoms with E-state index in [-0.39, 0.29) is 5.56 Å². The molecule has 4 rings (SSSR count). The monoisotopic (exact) mass is 286 g/mol. The molecular formula is C17H10N4O. The molecule has 2 N–H and O–H groups in total. The van der Waals surface area contributed by atoms with Crippen LogP contribution in [0, 0.1) is 11.3 Å². The van der Waals surface area contributed by atoms with Gasteiger partial charge in [0.15, 0.2) is 5.69 Å². The molecule has 0 saturated carbocycles. The van der Waals surface area contributed by atoms with Gasteiger partial charge in [-0.1, -0.05) is 12.1 Å². The number of fused-ring (bicyclic) bond motifs is 2. The third kappa shape index (κ3) is 1.86. The lowest BCUT2D eigenvalue weighted by Crippen LogP contribution is -2.11. The molecule has 4 aromatic rings. The SMILES string of the molecule is N#Cc1ccc2[nH]c(-c3nc4ccccc4[nH]c3=O)cc2c1. The van der Waals surface area contributed by atoms with Crippen molar-refractivity contribution < 1.29 is 0 Å². The Balaban J connectivity index is 1.96. The van der Waals surface area contributed by atoms with Crippen molar-refractivity contribution in [3.05, 3.63) is 64.4 Å². The molecule has 0 fully saturated rings. The topological polar surface area (TPSA) is 85.3 Å². The summed E-state index contributed by atoms with van der Waals surface area (Å²) in [5.74, 6) is 0. The van der Waals surface area contributed by atoms with Crippen LogP contribution in [-0.2, 0) is 0 Å². The summed E-state index contributed by atoms with van der Waals surface area (Å²) < 4.78 is 0. The van der Waals surface area contributed by atoms with Gasteiger partial charge < -0.3 is 9.97 Å². The lowest BCUT2D eigenvalue weighted by Gasteiger charge is -2.00. The molecule has 5 nitrogen and oxygen atoms in total. The van der Waals surface area contributed by atoms with Crippen molar-refractivity contribution in [2.24, 2.45) is 0 Å². The third-order valence-electron chi connectivity index (χ3n) is 3.60. The van der Waals surface area contributed by atoms with Gasteiger partial charge in [-0.2, -0.15) is 5.26 Å². The molecule has 104 valence electrons. The molecule has 22 heavy (non-hydrogen) atoms. The Morgan fingerprint density at radius 1 is 1.00 bits per heavy atom.